The molecule has 0 bridgehead atoms. The van der Waals surface area contributed by atoms with Crippen molar-refractivity contribution in [2.75, 3.05) is 12.9 Å². The van der Waals surface area contributed by atoms with E-state index in [0.717, 1.165) is 0 Å². The average molecular weight is 443 g/mol. The molecule has 0 fully saturated rings. The zero-order valence-electron chi connectivity index (χ0n) is 15.3. The van der Waals surface area contributed by atoms with Crippen molar-refractivity contribution in [2.45, 2.75) is 5.16 Å². The number of methoxy groups -OCH3 is 1. The van der Waals surface area contributed by atoms with Crippen LogP contribution in [0, 0.1) is 0 Å². The Hall–Kier alpha value is -2.61. The van der Waals surface area contributed by atoms with Gasteiger partial charge in [0.15, 0.2) is 10.9 Å². The molecule has 0 radical (unpaired) electrons. The minimum Gasteiger partial charge on any atom is -0.495 e. The Balaban J connectivity index is 1.81. The number of thiophene rings is 1. The zero-order chi connectivity index (χ0) is 20.4. The lowest BCUT2D eigenvalue weighted by molar-refractivity contribution is 0.102. The molecule has 4 rings (SSSR count). The van der Waals surface area contributed by atoms with E-state index in [2.05, 4.69) is 4.98 Å². The van der Waals surface area contributed by atoms with Gasteiger partial charge in [-0.05, 0) is 36.4 Å². The van der Waals surface area contributed by atoms with Gasteiger partial charge in [-0.25, -0.2) is 4.98 Å². The van der Waals surface area contributed by atoms with E-state index in [1.807, 2.05) is 18.2 Å². The Kier molecular flexibility index (Phi) is 5.71. The van der Waals surface area contributed by atoms with E-state index < -0.39 is 0 Å². The maximum absolute atomic E-state index is 13.3. The molecule has 0 aliphatic heterocycles. The van der Waals surface area contributed by atoms with E-state index in [4.69, 9.17) is 16.3 Å². The summed E-state index contributed by atoms with van der Waals surface area (Å²) in [5.41, 5.74) is 0.944. The maximum Gasteiger partial charge on any atom is 0.266 e. The van der Waals surface area contributed by atoms with Crippen molar-refractivity contribution < 1.29 is 9.53 Å². The lowest BCUT2D eigenvalue weighted by atomic mass is 10.2. The molecule has 0 atom stereocenters. The number of aromatic nitrogens is 2. The smallest absolute Gasteiger partial charge is 0.266 e. The average Bonchev–Trinajstić information content (AvgIpc) is 3.18. The van der Waals surface area contributed by atoms with Crippen LogP contribution in [0.5, 0.6) is 5.75 Å². The molecule has 2 aromatic carbocycles. The van der Waals surface area contributed by atoms with Gasteiger partial charge in [0.1, 0.15) is 5.75 Å². The molecule has 4 aromatic rings. The van der Waals surface area contributed by atoms with E-state index in [-0.39, 0.29) is 17.1 Å². The van der Waals surface area contributed by atoms with Crippen molar-refractivity contribution in [2.24, 2.45) is 0 Å². The molecule has 0 saturated heterocycles. The Morgan fingerprint density at radius 3 is 2.66 bits per heavy atom. The number of hydrogen-bond donors (Lipinski definition) is 0. The lowest BCUT2D eigenvalue weighted by Gasteiger charge is -2.15. The van der Waals surface area contributed by atoms with Crippen molar-refractivity contribution in [1.29, 1.82) is 0 Å². The number of carbonyl (C=O) groups excluding carboxylic acids is 1. The van der Waals surface area contributed by atoms with Gasteiger partial charge in [-0.2, -0.15) is 0 Å². The van der Waals surface area contributed by atoms with Gasteiger partial charge in [-0.1, -0.05) is 47.6 Å². The number of rotatable bonds is 6. The van der Waals surface area contributed by atoms with Crippen LogP contribution < -0.4 is 10.3 Å². The SMILES string of the molecule is COc1ccccc1-n1c(SCC(=O)c2ccc(Cl)s2)nc2ccccc2c1=O. The molecule has 8 heteroatoms. The summed E-state index contributed by atoms with van der Waals surface area (Å²) in [6, 6.07) is 17.8. The van der Waals surface area contributed by atoms with Crippen LogP contribution in [-0.2, 0) is 0 Å². The normalized spacial score (nSPS) is 11.0. The third kappa shape index (κ3) is 3.94. The third-order valence-corrected chi connectivity index (χ3v) is 6.46. The fourth-order valence-corrected chi connectivity index (χ4v) is 4.86. The van der Waals surface area contributed by atoms with Crippen LogP contribution in [-0.4, -0.2) is 28.2 Å². The van der Waals surface area contributed by atoms with Gasteiger partial charge in [0.2, 0.25) is 0 Å². The third-order valence-electron chi connectivity index (χ3n) is 4.25. The van der Waals surface area contributed by atoms with Crippen molar-refractivity contribution in [3.8, 4) is 11.4 Å². The van der Waals surface area contributed by atoms with Crippen LogP contribution in [0.2, 0.25) is 4.34 Å². The number of nitrogens with zero attached hydrogens (tertiary/aromatic N) is 2. The number of hydrogen-bond acceptors (Lipinski definition) is 6. The number of benzene rings is 2. The standard InChI is InChI=1S/C21H15ClN2O3S2/c1-27-17-9-5-4-8-15(17)24-20(26)13-6-2-3-7-14(13)23-21(24)28-12-16(25)18-10-11-19(22)29-18/h2-11H,12H2,1H3. The molecule has 29 heavy (non-hydrogen) atoms. The van der Waals surface area contributed by atoms with E-state index >= 15 is 0 Å². The van der Waals surface area contributed by atoms with Gasteiger partial charge in [-0.15, -0.1) is 11.3 Å². The second kappa shape index (κ2) is 8.41. The van der Waals surface area contributed by atoms with E-state index in [1.54, 1.807) is 49.6 Å². The monoisotopic (exact) mass is 442 g/mol. The van der Waals surface area contributed by atoms with E-state index in [9.17, 15) is 9.59 Å². The quantitative estimate of drug-likeness (QED) is 0.236. The maximum atomic E-state index is 13.3. The van der Waals surface area contributed by atoms with E-state index in [0.29, 0.717) is 36.7 Å². The zero-order valence-corrected chi connectivity index (χ0v) is 17.7. The highest BCUT2D eigenvalue weighted by Crippen LogP contribution is 2.28. The minimum absolute atomic E-state index is 0.0686. The minimum atomic E-state index is -0.214. The topological polar surface area (TPSA) is 61.2 Å². The molecular formula is C21H15ClN2O3S2. The van der Waals surface area contributed by atoms with Crippen LogP contribution in [0.4, 0.5) is 0 Å². The van der Waals surface area contributed by atoms with Gasteiger partial charge >= 0.3 is 0 Å². The van der Waals surface area contributed by atoms with Gasteiger partial charge in [0.05, 0.1) is 38.7 Å². The Labute approximate surface area is 179 Å². The number of halogens is 1. The number of ether oxygens (including phenoxy) is 1. The van der Waals surface area contributed by atoms with Crippen LogP contribution in [0.3, 0.4) is 0 Å². The second-order valence-corrected chi connectivity index (χ2v) is 8.70. The first kappa shape index (κ1) is 19.7. The van der Waals surface area contributed by atoms with Gasteiger partial charge in [0.25, 0.3) is 5.56 Å². The molecule has 0 unspecified atom stereocenters. The van der Waals surface area contributed by atoms with Crippen LogP contribution in [0.25, 0.3) is 16.6 Å². The molecule has 2 aromatic heterocycles. The Bertz CT molecular complexity index is 1270. The summed E-state index contributed by atoms with van der Waals surface area (Å²) < 4.78 is 7.51. The Morgan fingerprint density at radius 2 is 1.90 bits per heavy atom. The van der Waals surface area contributed by atoms with Gasteiger partial charge in [-0.3, -0.25) is 14.2 Å². The van der Waals surface area contributed by atoms with Crippen molar-refractivity contribution in [1.82, 2.24) is 9.55 Å². The largest absolute Gasteiger partial charge is 0.495 e. The van der Waals surface area contributed by atoms with E-state index in [1.165, 1.54) is 27.7 Å². The lowest BCUT2D eigenvalue weighted by Crippen LogP contribution is -2.22. The molecular weight excluding hydrogens is 428 g/mol. The molecule has 0 aliphatic carbocycles. The number of ketones is 1. The number of carbonyl (C=O) groups is 1. The van der Waals surface area contributed by atoms with Crippen LogP contribution in [0.15, 0.2) is 70.6 Å². The fourth-order valence-electron chi connectivity index (χ4n) is 2.90. The summed E-state index contributed by atoms with van der Waals surface area (Å²) in [6.45, 7) is 0. The molecule has 0 aliphatic rings. The summed E-state index contributed by atoms with van der Waals surface area (Å²) >= 11 is 8.38. The summed E-state index contributed by atoms with van der Waals surface area (Å²) in [6.07, 6.45) is 0. The summed E-state index contributed by atoms with van der Waals surface area (Å²) in [7, 11) is 1.55. The van der Waals surface area contributed by atoms with Crippen LogP contribution >= 0.6 is 34.7 Å². The van der Waals surface area contributed by atoms with Crippen molar-refractivity contribution >= 4 is 51.4 Å². The van der Waals surface area contributed by atoms with Gasteiger partial charge < -0.3 is 4.74 Å². The highest BCUT2D eigenvalue weighted by molar-refractivity contribution is 7.99. The molecule has 0 saturated carbocycles. The fraction of sp³-hybridized carbons (Fsp3) is 0.0952. The first-order valence-corrected chi connectivity index (χ1v) is 10.8. The molecule has 0 N–H and O–H groups in total. The van der Waals surface area contributed by atoms with Crippen LogP contribution in [0.1, 0.15) is 9.67 Å². The summed E-state index contributed by atoms with van der Waals surface area (Å²) in [5, 5.41) is 0.924. The van der Waals surface area contributed by atoms with Gasteiger partial charge in [0, 0.05) is 0 Å². The highest BCUT2D eigenvalue weighted by Gasteiger charge is 2.18. The second-order valence-electron chi connectivity index (χ2n) is 6.04. The molecule has 5 nitrogen and oxygen atoms in total. The Morgan fingerprint density at radius 1 is 1.14 bits per heavy atom. The first-order chi connectivity index (χ1) is 14.1. The predicted octanol–water partition coefficient (Wildman–Crippen LogP) is 5.08. The molecule has 0 spiro atoms. The summed E-state index contributed by atoms with van der Waals surface area (Å²) in [5.74, 6) is 0.613. The van der Waals surface area contributed by atoms with Crippen molar-refractivity contribution in [3.63, 3.8) is 0 Å². The summed E-state index contributed by atoms with van der Waals surface area (Å²) in [4.78, 5) is 31.1. The number of thioether (sulfide) groups is 1. The number of para-hydroxylation sites is 3. The molecule has 146 valence electrons. The number of fused-ring (bicyclic) bond motifs is 1. The number of Topliss-reactive ketones (excluding diaryl/α,β-unsaturated/α-hetero) is 1. The predicted molar refractivity (Wildman–Crippen MR) is 118 cm³/mol. The molecule has 0 amide bonds. The van der Waals surface area contributed by atoms with Crippen molar-refractivity contribution in [3.05, 3.63) is 80.2 Å². The highest BCUT2D eigenvalue weighted by atomic mass is 35.5. The molecule has 2 heterocycles. The first-order valence-electron chi connectivity index (χ1n) is 8.65.